The quantitative estimate of drug-likeness (QED) is 0.783. The summed E-state index contributed by atoms with van der Waals surface area (Å²) in [6, 6.07) is 9.88. The zero-order chi connectivity index (χ0) is 11.5. The fourth-order valence-corrected chi connectivity index (χ4v) is 1.80. The van der Waals surface area contributed by atoms with Gasteiger partial charge in [0.05, 0.1) is 0 Å². The molecular formula is C13H12AsNO. The van der Waals surface area contributed by atoms with Gasteiger partial charge in [0.2, 0.25) is 0 Å². The molecule has 80 valence electrons. The van der Waals surface area contributed by atoms with Crippen LogP contribution in [-0.4, -0.2) is 21.8 Å². The van der Waals surface area contributed by atoms with Crippen molar-refractivity contribution < 1.29 is 4.74 Å². The van der Waals surface area contributed by atoms with Crippen molar-refractivity contribution in [3.05, 3.63) is 47.7 Å². The number of nitrogens with zero attached hydrogens (tertiary/aromatic N) is 1. The average Bonchev–Trinajstić information content (AvgIpc) is 2.28. The van der Waals surface area contributed by atoms with Gasteiger partial charge in [-0.25, -0.2) is 0 Å². The van der Waals surface area contributed by atoms with E-state index < -0.39 is 0 Å². The molecule has 3 heteroatoms. The number of rotatable bonds is 2. The molecule has 0 aliphatic rings. The summed E-state index contributed by atoms with van der Waals surface area (Å²) in [5, 5.41) is 0. The molecule has 0 saturated carbocycles. The Labute approximate surface area is 104 Å². The topological polar surface area (TPSA) is 22.1 Å². The number of benzene rings is 1. The predicted molar refractivity (Wildman–Crippen MR) is 65.6 cm³/mol. The van der Waals surface area contributed by atoms with Crippen molar-refractivity contribution in [3.8, 4) is 11.6 Å². The second-order valence-electron chi connectivity index (χ2n) is 3.63. The third kappa shape index (κ3) is 2.28. The Hall–Kier alpha value is -1.27. The van der Waals surface area contributed by atoms with Gasteiger partial charge < -0.3 is 0 Å². The van der Waals surface area contributed by atoms with Crippen molar-refractivity contribution in [2.75, 3.05) is 0 Å². The van der Waals surface area contributed by atoms with E-state index in [0.29, 0.717) is 5.88 Å². The van der Waals surface area contributed by atoms with Crippen molar-refractivity contribution >= 4 is 21.2 Å². The van der Waals surface area contributed by atoms with E-state index in [9.17, 15) is 0 Å². The van der Waals surface area contributed by atoms with Crippen molar-refractivity contribution in [1.29, 1.82) is 0 Å². The Morgan fingerprint density at radius 2 is 1.94 bits per heavy atom. The Balaban J connectivity index is 2.35. The molecule has 1 heterocycles. The van der Waals surface area contributed by atoms with E-state index in [1.807, 2.05) is 24.3 Å². The maximum absolute atomic E-state index is 5.79. The van der Waals surface area contributed by atoms with Crippen LogP contribution in [0.1, 0.15) is 11.1 Å². The van der Waals surface area contributed by atoms with Crippen LogP contribution in [0.3, 0.4) is 0 Å². The van der Waals surface area contributed by atoms with Gasteiger partial charge in [0.1, 0.15) is 0 Å². The normalized spacial score (nSPS) is 10.2. The van der Waals surface area contributed by atoms with Crippen LogP contribution in [0.2, 0.25) is 0 Å². The van der Waals surface area contributed by atoms with E-state index in [1.54, 1.807) is 6.20 Å². The fourth-order valence-electron chi connectivity index (χ4n) is 1.40. The summed E-state index contributed by atoms with van der Waals surface area (Å²) in [5.74, 6) is 1.52. The average molecular weight is 273 g/mol. The third-order valence-corrected chi connectivity index (χ3v) is 3.23. The molecular weight excluding hydrogens is 261 g/mol. The molecule has 0 fully saturated rings. The summed E-state index contributed by atoms with van der Waals surface area (Å²) in [6.45, 7) is 4.13. The standard InChI is InChI=1S/C13H12AsNO/c1-9-5-3-7-12(10(9)2)16-13-11(14)6-4-8-15-13/h3-8H,1-2H3. The van der Waals surface area contributed by atoms with E-state index in [2.05, 4.69) is 41.8 Å². The van der Waals surface area contributed by atoms with Crippen LogP contribution in [0.4, 0.5) is 0 Å². The Bertz CT molecular complexity index is 511. The van der Waals surface area contributed by atoms with E-state index in [4.69, 9.17) is 4.74 Å². The molecule has 0 saturated heterocycles. The molecule has 0 unspecified atom stereocenters. The number of pyridine rings is 1. The third-order valence-electron chi connectivity index (χ3n) is 2.51. The molecule has 1 aromatic carbocycles. The van der Waals surface area contributed by atoms with Gasteiger partial charge in [-0.1, -0.05) is 0 Å². The first-order chi connectivity index (χ1) is 7.68. The fraction of sp³-hybridized carbons (Fsp3) is 0.154. The Morgan fingerprint density at radius 1 is 1.12 bits per heavy atom. The van der Waals surface area contributed by atoms with Crippen LogP contribution in [-0.2, 0) is 0 Å². The van der Waals surface area contributed by atoms with E-state index in [1.165, 1.54) is 5.56 Å². The van der Waals surface area contributed by atoms with Gasteiger partial charge in [0, 0.05) is 0 Å². The zero-order valence-electron chi connectivity index (χ0n) is 9.27. The summed E-state index contributed by atoms with van der Waals surface area (Å²) < 4.78 is 6.78. The number of aromatic nitrogens is 1. The molecule has 2 nitrogen and oxygen atoms in total. The molecule has 0 N–H and O–H groups in total. The van der Waals surface area contributed by atoms with Gasteiger partial charge in [-0.3, -0.25) is 0 Å². The molecule has 0 aliphatic heterocycles. The zero-order valence-corrected chi connectivity index (χ0v) is 11.1. The molecule has 2 radical (unpaired) electrons. The summed E-state index contributed by atoms with van der Waals surface area (Å²) in [6.07, 6.45) is 1.73. The van der Waals surface area contributed by atoms with E-state index in [0.717, 1.165) is 15.7 Å². The van der Waals surface area contributed by atoms with Crippen LogP contribution in [0.15, 0.2) is 36.5 Å². The number of hydrogen-bond donors (Lipinski definition) is 0. The molecule has 0 atom stereocenters. The van der Waals surface area contributed by atoms with Crippen LogP contribution >= 0.6 is 0 Å². The van der Waals surface area contributed by atoms with Crippen molar-refractivity contribution in [2.24, 2.45) is 0 Å². The van der Waals surface area contributed by atoms with E-state index in [-0.39, 0.29) is 0 Å². The van der Waals surface area contributed by atoms with Gasteiger partial charge in [-0.2, -0.15) is 0 Å². The molecule has 0 spiro atoms. The van der Waals surface area contributed by atoms with Crippen molar-refractivity contribution in [3.63, 3.8) is 0 Å². The molecule has 1 aromatic heterocycles. The first-order valence-electron chi connectivity index (χ1n) is 5.06. The summed E-state index contributed by atoms with van der Waals surface area (Å²) in [4.78, 5) is 4.21. The molecule has 2 aromatic rings. The van der Waals surface area contributed by atoms with Gasteiger partial charge in [0.25, 0.3) is 0 Å². The molecule has 0 aliphatic carbocycles. The SMILES string of the molecule is Cc1cccc(Oc2ncccc2[As])c1C. The van der Waals surface area contributed by atoms with Gasteiger partial charge in [-0.15, -0.1) is 0 Å². The molecule has 16 heavy (non-hydrogen) atoms. The van der Waals surface area contributed by atoms with Crippen LogP contribution in [0.5, 0.6) is 11.6 Å². The first kappa shape index (κ1) is 11.2. The summed E-state index contributed by atoms with van der Waals surface area (Å²) >= 11 is 2.47. The monoisotopic (exact) mass is 273 g/mol. The van der Waals surface area contributed by atoms with Gasteiger partial charge >= 0.3 is 104 Å². The Morgan fingerprint density at radius 3 is 2.69 bits per heavy atom. The first-order valence-corrected chi connectivity index (χ1v) is 6.00. The summed E-state index contributed by atoms with van der Waals surface area (Å²) in [7, 11) is 0. The second kappa shape index (κ2) is 4.71. The predicted octanol–water partition coefficient (Wildman–Crippen LogP) is 2.28. The van der Waals surface area contributed by atoms with Crippen molar-refractivity contribution in [1.82, 2.24) is 4.98 Å². The van der Waals surface area contributed by atoms with Gasteiger partial charge in [0.15, 0.2) is 0 Å². The van der Waals surface area contributed by atoms with Crippen molar-refractivity contribution in [2.45, 2.75) is 13.8 Å². The number of ether oxygens (including phenoxy) is 1. The minimum atomic E-state index is 0.649. The molecule has 2 rings (SSSR count). The molecule has 0 amide bonds. The minimum absolute atomic E-state index is 0.649. The van der Waals surface area contributed by atoms with Crippen LogP contribution in [0, 0.1) is 13.8 Å². The maximum atomic E-state index is 5.79. The Kier molecular flexibility index (Phi) is 3.30. The van der Waals surface area contributed by atoms with E-state index >= 15 is 0 Å². The number of hydrogen-bond acceptors (Lipinski definition) is 2. The number of aryl methyl sites for hydroxylation is 1. The summed E-state index contributed by atoms with van der Waals surface area (Å²) in [5.41, 5.74) is 2.38. The second-order valence-corrected chi connectivity index (χ2v) is 4.64. The van der Waals surface area contributed by atoms with Gasteiger partial charge in [-0.05, 0) is 0 Å². The van der Waals surface area contributed by atoms with Crippen LogP contribution < -0.4 is 9.09 Å². The van der Waals surface area contributed by atoms with Crippen LogP contribution in [0.25, 0.3) is 0 Å². The molecule has 0 bridgehead atoms.